The van der Waals surface area contributed by atoms with Gasteiger partial charge < -0.3 is 9.84 Å². The van der Waals surface area contributed by atoms with Crippen LogP contribution in [0, 0.1) is 20.8 Å². The van der Waals surface area contributed by atoms with Gasteiger partial charge in [0.2, 0.25) is 0 Å². The number of carbonyl (C=O) groups excluding carboxylic acids is 3. The molecular formula is C22H22N4O4S. The maximum atomic E-state index is 13.4. The number of urea groups is 1. The Balaban J connectivity index is 1.43. The Bertz CT molecular complexity index is 1240. The van der Waals surface area contributed by atoms with Gasteiger partial charge in [-0.3, -0.25) is 19.1 Å². The molecule has 1 fully saturated rings. The van der Waals surface area contributed by atoms with E-state index in [1.807, 2.05) is 29.9 Å². The summed E-state index contributed by atoms with van der Waals surface area (Å²) < 4.78 is 6.99. The Kier molecular flexibility index (Phi) is 4.40. The van der Waals surface area contributed by atoms with Gasteiger partial charge in [-0.1, -0.05) is 5.16 Å². The van der Waals surface area contributed by atoms with E-state index < -0.39 is 11.6 Å². The zero-order valence-corrected chi connectivity index (χ0v) is 18.3. The molecule has 0 saturated carbocycles. The number of hydrogen-bond acceptors (Lipinski definition) is 6. The van der Waals surface area contributed by atoms with Crippen LogP contribution in [0.2, 0.25) is 0 Å². The molecule has 1 spiro atoms. The average molecular weight is 439 g/mol. The minimum atomic E-state index is -1.04. The summed E-state index contributed by atoms with van der Waals surface area (Å²) >= 11 is 1.60. The Morgan fingerprint density at radius 3 is 2.84 bits per heavy atom. The van der Waals surface area contributed by atoms with Crippen molar-refractivity contribution in [3.05, 3.63) is 56.7 Å². The van der Waals surface area contributed by atoms with Gasteiger partial charge in [0.1, 0.15) is 11.3 Å². The van der Waals surface area contributed by atoms with Crippen molar-refractivity contribution < 1.29 is 18.9 Å². The van der Waals surface area contributed by atoms with Gasteiger partial charge in [-0.05, 0) is 57.5 Å². The molecule has 8 nitrogen and oxygen atoms in total. The molecule has 4 heterocycles. The van der Waals surface area contributed by atoms with Gasteiger partial charge in [0, 0.05) is 33.5 Å². The first-order valence-electron chi connectivity index (χ1n) is 10.2. The highest BCUT2D eigenvalue weighted by molar-refractivity contribution is 7.10. The molecular weight excluding hydrogens is 416 g/mol. The third kappa shape index (κ3) is 2.87. The van der Waals surface area contributed by atoms with E-state index in [4.69, 9.17) is 4.52 Å². The Hall–Kier alpha value is -3.20. The molecule has 160 valence electrons. The predicted octanol–water partition coefficient (Wildman–Crippen LogP) is 3.42. The number of nitrogens with one attached hydrogen (secondary N) is 1. The molecule has 2 aliphatic rings. The highest BCUT2D eigenvalue weighted by atomic mass is 32.1. The Morgan fingerprint density at radius 1 is 1.29 bits per heavy atom. The predicted molar refractivity (Wildman–Crippen MR) is 114 cm³/mol. The van der Waals surface area contributed by atoms with Crippen LogP contribution >= 0.6 is 11.3 Å². The molecule has 3 aromatic heterocycles. The van der Waals surface area contributed by atoms with E-state index in [2.05, 4.69) is 10.5 Å². The van der Waals surface area contributed by atoms with Gasteiger partial charge in [0.15, 0.2) is 11.6 Å². The normalized spacial score (nSPS) is 20.4. The zero-order valence-electron chi connectivity index (χ0n) is 17.5. The molecule has 1 atom stereocenters. The van der Waals surface area contributed by atoms with Crippen molar-refractivity contribution in [1.82, 2.24) is 19.9 Å². The van der Waals surface area contributed by atoms with Crippen LogP contribution in [0.25, 0.3) is 5.82 Å². The lowest BCUT2D eigenvalue weighted by Crippen LogP contribution is -2.46. The number of Topliss-reactive ketones (excluding diaryl/α,β-unsaturated/α-hetero) is 1. The number of carbonyl (C=O) groups is 3. The van der Waals surface area contributed by atoms with Crippen LogP contribution in [0.15, 0.2) is 28.1 Å². The summed E-state index contributed by atoms with van der Waals surface area (Å²) in [6.07, 6.45) is 2.27. The van der Waals surface area contributed by atoms with E-state index in [1.54, 1.807) is 30.4 Å². The molecule has 5 rings (SSSR count). The fourth-order valence-electron chi connectivity index (χ4n) is 4.77. The maximum Gasteiger partial charge on any atom is 0.325 e. The first-order chi connectivity index (χ1) is 14.8. The number of imide groups is 1. The smallest absolute Gasteiger partial charge is 0.325 e. The summed E-state index contributed by atoms with van der Waals surface area (Å²) in [6, 6.07) is 4.94. The van der Waals surface area contributed by atoms with Crippen LogP contribution in [0.5, 0.6) is 0 Å². The van der Waals surface area contributed by atoms with Crippen molar-refractivity contribution in [3.8, 4) is 5.82 Å². The van der Waals surface area contributed by atoms with Crippen LogP contribution in [-0.2, 0) is 16.8 Å². The number of hydrogen-bond donors (Lipinski definition) is 1. The van der Waals surface area contributed by atoms with E-state index >= 15 is 0 Å². The van der Waals surface area contributed by atoms with E-state index in [-0.39, 0.29) is 18.2 Å². The molecule has 3 aromatic rings. The molecule has 1 N–H and O–H groups in total. The topological polar surface area (TPSA) is 97.4 Å². The number of ketones is 1. The number of nitrogens with zero attached hydrogens (tertiary/aromatic N) is 3. The monoisotopic (exact) mass is 438 g/mol. The van der Waals surface area contributed by atoms with Crippen LogP contribution in [0.1, 0.15) is 50.8 Å². The molecule has 1 saturated heterocycles. The van der Waals surface area contributed by atoms with E-state index in [9.17, 15) is 14.4 Å². The van der Waals surface area contributed by atoms with Crippen LogP contribution < -0.4 is 5.32 Å². The first kappa shape index (κ1) is 19.7. The minimum absolute atomic E-state index is 0.290. The van der Waals surface area contributed by atoms with Crippen molar-refractivity contribution in [2.45, 2.75) is 45.6 Å². The maximum absolute atomic E-state index is 13.4. The van der Waals surface area contributed by atoms with E-state index in [0.29, 0.717) is 29.3 Å². The summed E-state index contributed by atoms with van der Waals surface area (Å²) in [6.45, 7) is 5.19. The van der Waals surface area contributed by atoms with Gasteiger partial charge in [0.25, 0.3) is 5.91 Å². The van der Waals surface area contributed by atoms with Gasteiger partial charge >= 0.3 is 6.03 Å². The second kappa shape index (κ2) is 6.91. The van der Waals surface area contributed by atoms with Gasteiger partial charge in [-0.25, -0.2) is 4.79 Å². The number of thiophene rings is 1. The van der Waals surface area contributed by atoms with Gasteiger partial charge in [0.05, 0.1) is 6.54 Å². The lowest BCUT2D eigenvalue weighted by Gasteiger charge is -2.31. The van der Waals surface area contributed by atoms with E-state index in [0.717, 1.165) is 33.9 Å². The third-order valence-electron chi connectivity index (χ3n) is 6.21. The molecule has 1 aliphatic carbocycles. The Morgan fingerprint density at radius 2 is 2.10 bits per heavy atom. The minimum Gasteiger partial charge on any atom is -0.360 e. The number of amides is 3. The molecule has 3 amide bonds. The SMILES string of the molecule is Cc1cc(-n2c(C)cc(C(=O)CN3C(=O)N[C@]4(CCCc5sccc54)C3=O)c2C)no1. The van der Waals surface area contributed by atoms with Crippen molar-refractivity contribution in [2.24, 2.45) is 0 Å². The van der Waals surface area contributed by atoms with Crippen LogP contribution in [0.3, 0.4) is 0 Å². The largest absolute Gasteiger partial charge is 0.360 e. The number of aromatic nitrogens is 2. The molecule has 1 aliphatic heterocycles. The lowest BCUT2D eigenvalue weighted by atomic mass is 9.80. The molecule has 0 bridgehead atoms. The number of aryl methyl sites for hydroxylation is 3. The number of fused-ring (bicyclic) bond motifs is 2. The molecule has 0 radical (unpaired) electrons. The summed E-state index contributed by atoms with van der Waals surface area (Å²) in [5, 5.41) is 8.87. The van der Waals surface area contributed by atoms with Crippen molar-refractivity contribution >= 4 is 29.1 Å². The molecule has 9 heteroatoms. The highest BCUT2D eigenvalue weighted by Crippen LogP contribution is 2.42. The second-order valence-electron chi connectivity index (χ2n) is 8.18. The second-order valence-corrected chi connectivity index (χ2v) is 9.18. The Labute approximate surface area is 182 Å². The summed E-state index contributed by atoms with van der Waals surface area (Å²) in [5.74, 6) is 0.626. The fourth-order valence-corrected chi connectivity index (χ4v) is 5.77. The first-order valence-corrected chi connectivity index (χ1v) is 11.1. The van der Waals surface area contributed by atoms with Gasteiger partial charge in [-0.15, -0.1) is 11.3 Å². The van der Waals surface area contributed by atoms with Crippen molar-refractivity contribution in [2.75, 3.05) is 6.54 Å². The summed E-state index contributed by atoms with van der Waals surface area (Å²) in [5.41, 5.74) is 1.80. The quantitative estimate of drug-likeness (QED) is 0.497. The average Bonchev–Trinajstić information content (AvgIpc) is 3.48. The molecule has 0 unspecified atom stereocenters. The standard InChI is InChI=1S/C22H22N4O4S/c1-12-9-15(14(3)26(12)19-10-13(2)30-24-19)17(27)11-25-20(28)22(23-21(25)29)7-4-5-18-16(22)6-8-31-18/h6,8-10H,4-5,7,11H2,1-3H3,(H,23,29)/t22-/m0/s1. The molecule has 31 heavy (non-hydrogen) atoms. The highest BCUT2D eigenvalue weighted by Gasteiger charge is 2.54. The third-order valence-corrected chi connectivity index (χ3v) is 7.20. The molecule has 0 aromatic carbocycles. The van der Waals surface area contributed by atoms with Crippen molar-refractivity contribution in [1.29, 1.82) is 0 Å². The van der Waals surface area contributed by atoms with E-state index in [1.165, 1.54) is 0 Å². The van der Waals surface area contributed by atoms with Gasteiger partial charge in [-0.2, -0.15) is 0 Å². The summed E-state index contributed by atoms with van der Waals surface area (Å²) in [7, 11) is 0. The summed E-state index contributed by atoms with van der Waals surface area (Å²) in [4.78, 5) is 41.5. The fraction of sp³-hybridized carbons (Fsp3) is 0.364. The van der Waals surface area contributed by atoms with Crippen LogP contribution in [-0.4, -0.2) is 38.9 Å². The van der Waals surface area contributed by atoms with Crippen LogP contribution in [0.4, 0.5) is 4.79 Å². The zero-order chi connectivity index (χ0) is 21.9. The van der Waals surface area contributed by atoms with Crippen molar-refractivity contribution in [3.63, 3.8) is 0 Å². The number of rotatable bonds is 4. The lowest BCUT2D eigenvalue weighted by molar-refractivity contribution is -0.131.